The van der Waals surface area contributed by atoms with Gasteiger partial charge in [-0.15, -0.1) is 0 Å². The Kier molecular flexibility index (Phi) is 10.3. The number of hydrogen-bond acceptors (Lipinski definition) is 6. The number of hydrogen-bond donors (Lipinski definition) is 0. The molecule has 0 rings (SSSR count). The predicted molar refractivity (Wildman–Crippen MR) is 54.4 cm³/mol. The Morgan fingerprint density at radius 2 is 1.38 bits per heavy atom. The van der Waals surface area contributed by atoms with Crippen LogP contribution in [0.1, 0.15) is 34.1 Å². The van der Waals surface area contributed by atoms with Crippen molar-refractivity contribution in [2.75, 3.05) is 6.61 Å². The van der Waals surface area contributed by atoms with Crippen molar-refractivity contribution in [3.05, 3.63) is 0 Å². The average molecular weight is 232 g/mol. The Bertz CT molecular complexity index is 256. The van der Waals surface area contributed by atoms with E-state index in [1.807, 2.05) is 0 Å². The molecule has 0 fully saturated rings. The monoisotopic (exact) mass is 232 g/mol. The van der Waals surface area contributed by atoms with Crippen molar-refractivity contribution >= 4 is 23.7 Å². The second-order valence-corrected chi connectivity index (χ2v) is 2.77. The first-order valence-corrected chi connectivity index (χ1v) is 4.63. The van der Waals surface area contributed by atoms with E-state index in [4.69, 9.17) is 0 Å². The molecule has 0 N–H and O–H groups in total. The fourth-order valence-corrected chi connectivity index (χ4v) is 0.618. The highest BCUT2D eigenvalue weighted by molar-refractivity contribution is 5.94. The molecule has 6 heteroatoms. The van der Waals surface area contributed by atoms with Crippen LogP contribution in [0.4, 0.5) is 0 Å². The summed E-state index contributed by atoms with van der Waals surface area (Å²) in [7, 11) is 0. The first kappa shape index (κ1) is 16.7. The molecule has 0 bridgehead atoms. The van der Waals surface area contributed by atoms with Gasteiger partial charge in [-0.1, -0.05) is 0 Å². The van der Waals surface area contributed by atoms with E-state index in [-0.39, 0.29) is 12.2 Å². The van der Waals surface area contributed by atoms with Crippen molar-refractivity contribution in [3.8, 4) is 0 Å². The molecular weight excluding hydrogens is 216 g/mol. The third-order valence-corrected chi connectivity index (χ3v) is 0.986. The molecule has 0 aromatic rings. The zero-order chi connectivity index (χ0) is 13.1. The maximum absolute atomic E-state index is 10.4. The van der Waals surface area contributed by atoms with Gasteiger partial charge in [0.15, 0.2) is 0 Å². The Hall–Kier alpha value is -1.72. The van der Waals surface area contributed by atoms with Gasteiger partial charge < -0.3 is 9.47 Å². The molecule has 0 radical (unpaired) electrons. The zero-order valence-corrected chi connectivity index (χ0v) is 9.86. The molecule has 6 nitrogen and oxygen atoms in total. The van der Waals surface area contributed by atoms with Gasteiger partial charge in [0, 0.05) is 13.8 Å². The van der Waals surface area contributed by atoms with Gasteiger partial charge in [0.2, 0.25) is 0 Å². The number of ketones is 1. The first-order valence-electron chi connectivity index (χ1n) is 4.63. The van der Waals surface area contributed by atoms with Gasteiger partial charge in [-0.25, -0.2) is 0 Å². The summed E-state index contributed by atoms with van der Waals surface area (Å²) in [5.41, 5.74) is 0. The summed E-state index contributed by atoms with van der Waals surface area (Å²) in [6, 6.07) is 0. The van der Waals surface area contributed by atoms with Crippen molar-refractivity contribution < 1.29 is 28.7 Å². The fraction of sp³-hybridized carbons (Fsp3) is 0.600. The maximum atomic E-state index is 10.4. The summed E-state index contributed by atoms with van der Waals surface area (Å²) in [4.78, 5) is 40.3. The molecule has 0 unspecified atom stereocenters. The Labute approximate surface area is 93.9 Å². The highest BCUT2D eigenvalue weighted by Gasteiger charge is 2.03. The number of ether oxygens (including phenoxy) is 2. The van der Waals surface area contributed by atoms with E-state index in [1.165, 1.54) is 20.8 Å². The normalized spacial score (nSPS) is 8.25. The van der Waals surface area contributed by atoms with Crippen LogP contribution in [-0.2, 0) is 28.7 Å². The lowest BCUT2D eigenvalue weighted by atomic mass is 10.3. The minimum absolute atomic E-state index is 0.103. The van der Waals surface area contributed by atoms with E-state index in [9.17, 15) is 19.2 Å². The molecule has 0 saturated heterocycles. The maximum Gasteiger partial charge on any atom is 0.313 e. The quantitative estimate of drug-likeness (QED) is 0.523. The van der Waals surface area contributed by atoms with Crippen LogP contribution < -0.4 is 0 Å². The summed E-state index contributed by atoms with van der Waals surface area (Å²) in [5.74, 6) is -1.72. The molecule has 0 spiro atoms. The van der Waals surface area contributed by atoms with Gasteiger partial charge in [0.1, 0.15) is 12.2 Å². The largest absolute Gasteiger partial charge is 0.466 e. The molecular formula is C10H16O6. The summed E-state index contributed by atoms with van der Waals surface area (Å²) < 4.78 is 8.47. The summed E-state index contributed by atoms with van der Waals surface area (Å²) in [5, 5.41) is 0. The van der Waals surface area contributed by atoms with E-state index in [0.717, 1.165) is 0 Å². The second-order valence-electron chi connectivity index (χ2n) is 2.77. The number of Topliss-reactive ketones (excluding diaryl/α,β-unsaturated/α-hetero) is 1. The Morgan fingerprint density at radius 1 is 0.938 bits per heavy atom. The lowest BCUT2D eigenvalue weighted by molar-refractivity contribution is -0.156. The van der Waals surface area contributed by atoms with E-state index in [1.54, 1.807) is 6.92 Å². The zero-order valence-electron chi connectivity index (χ0n) is 9.86. The lowest BCUT2D eigenvalue weighted by Gasteiger charge is -1.96. The summed E-state index contributed by atoms with van der Waals surface area (Å²) >= 11 is 0. The smallest absolute Gasteiger partial charge is 0.313 e. The average Bonchev–Trinajstić information content (AvgIpc) is 2.00. The molecule has 0 atom stereocenters. The van der Waals surface area contributed by atoms with Crippen molar-refractivity contribution in [3.63, 3.8) is 0 Å². The number of carbonyl (C=O) groups excluding carboxylic acids is 4. The third kappa shape index (κ3) is 18.1. The topological polar surface area (TPSA) is 86.7 Å². The van der Waals surface area contributed by atoms with Gasteiger partial charge in [0.05, 0.1) is 6.61 Å². The Balaban J connectivity index is 0. The highest BCUT2D eigenvalue weighted by Crippen LogP contribution is 1.86. The molecule has 0 aromatic heterocycles. The van der Waals surface area contributed by atoms with E-state index in [0.29, 0.717) is 6.61 Å². The molecule has 92 valence electrons. The van der Waals surface area contributed by atoms with E-state index >= 15 is 0 Å². The molecule has 0 heterocycles. The molecule has 0 aromatic carbocycles. The number of rotatable bonds is 3. The van der Waals surface area contributed by atoms with Crippen LogP contribution in [0.15, 0.2) is 0 Å². The van der Waals surface area contributed by atoms with Crippen LogP contribution in [0.2, 0.25) is 0 Å². The van der Waals surface area contributed by atoms with Crippen molar-refractivity contribution in [2.45, 2.75) is 34.1 Å². The van der Waals surface area contributed by atoms with E-state index in [2.05, 4.69) is 9.47 Å². The molecule has 0 aliphatic carbocycles. The van der Waals surface area contributed by atoms with Crippen LogP contribution in [0.3, 0.4) is 0 Å². The van der Waals surface area contributed by atoms with Gasteiger partial charge in [-0.2, -0.15) is 0 Å². The van der Waals surface area contributed by atoms with E-state index < -0.39 is 17.9 Å². The molecule has 0 saturated carbocycles. The summed E-state index contributed by atoms with van der Waals surface area (Å²) in [6.07, 6.45) is -0.103. The third-order valence-electron chi connectivity index (χ3n) is 0.986. The minimum atomic E-state index is -0.562. The van der Waals surface area contributed by atoms with Crippen LogP contribution in [0.5, 0.6) is 0 Å². The Morgan fingerprint density at radius 3 is 1.56 bits per heavy atom. The molecule has 16 heavy (non-hydrogen) atoms. The van der Waals surface area contributed by atoms with Crippen LogP contribution in [-0.4, -0.2) is 30.3 Å². The van der Waals surface area contributed by atoms with Crippen LogP contribution in [0.25, 0.3) is 0 Å². The number of esters is 3. The van der Waals surface area contributed by atoms with Gasteiger partial charge >= 0.3 is 17.9 Å². The highest BCUT2D eigenvalue weighted by atomic mass is 16.6. The predicted octanol–water partition coefficient (Wildman–Crippen LogP) is 0.625. The van der Waals surface area contributed by atoms with Gasteiger partial charge in [0.25, 0.3) is 0 Å². The SMILES string of the molecule is CC(=O)OC(C)=O.CCOC(=O)CC(C)=O. The fourth-order valence-electron chi connectivity index (χ4n) is 0.618. The second kappa shape index (κ2) is 9.82. The van der Waals surface area contributed by atoms with Crippen molar-refractivity contribution in [1.82, 2.24) is 0 Å². The molecule has 0 amide bonds. The first-order chi connectivity index (χ1) is 7.29. The lowest BCUT2D eigenvalue weighted by Crippen LogP contribution is -2.07. The molecule has 0 aliphatic rings. The minimum Gasteiger partial charge on any atom is -0.466 e. The standard InChI is InChI=1S/C6H10O3.C4H6O3/c1-3-9-6(8)4-5(2)7;1-3(5)7-4(2)6/h3-4H2,1-2H3;1-2H3. The van der Waals surface area contributed by atoms with Crippen molar-refractivity contribution in [1.29, 1.82) is 0 Å². The summed E-state index contributed by atoms with van der Waals surface area (Å²) in [6.45, 7) is 5.77. The number of carbonyl (C=O) groups is 4. The van der Waals surface area contributed by atoms with Crippen LogP contribution in [0, 0.1) is 0 Å². The van der Waals surface area contributed by atoms with Crippen LogP contribution >= 0.6 is 0 Å². The molecule has 0 aliphatic heterocycles. The van der Waals surface area contributed by atoms with Gasteiger partial charge in [-0.05, 0) is 13.8 Å². The van der Waals surface area contributed by atoms with Crippen molar-refractivity contribution in [2.24, 2.45) is 0 Å². The van der Waals surface area contributed by atoms with Gasteiger partial charge in [-0.3, -0.25) is 19.2 Å².